The largest absolute Gasteiger partial charge is 0.450 e. The van der Waals surface area contributed by atoms with Crippen LogP contribution in [0.15, 0.2) is 0 Å². The van der Waals surface area contributed by atoms with Crippen LogP contribution in [0.2, 0.25) is 0 Å². The molecule has 0 aromatic heterocycles. The van der Waals surface area contributed by atoms with Gasteiger partial charge in [-0.15, -0.1) is 0 Å². The Balaban J connectivity index is 2.17. The van der Waals surface area contributed by atoms with Crippen LogP contribution in [0.1, 0.15) is 19.8 Å². The van der Waals surface area contributed by atoms with E-state index in [1.807, 2.05) is 0 Å². The average molecular weight is 187 g/mol. The molecule has 0 bridgehead atoms. The number of aliphatic hydroxyl groups excluding tert-OH is 1. The lowest BCUT2D eigenvalue weighted by molar-refractivity contribution is 0.0257. The molecule has 1 N–H and O–H groups in total. The van der Waals surface area contributed by atoms with Crippen LogP contribution in [0.25, 0.3) is 0 Å². The third kappa shape index (κ3) is 2.88. The molecular weight excluding hydrogens is 170 g/mol. The van der Waals surface area contributed by atoms with E-state index in [1.165, 1.54) is 0 Å². The van der Waals surface area contributed by atoms with Crippen molar-refractivity contribution >= 4 is 6.09 Å². The fraction of sp³-hybridized carbons (Fsp3) is 0.889. The first-order chi connectivity index (χ1) is 6.13. The summed E-state index contributed by atoms with van der Waals surface area (Å²) < 4.78 is 4.82. The number of rotatable bonds is 3. The van der Waals surface area contributed by atoms with Gasteiger partial charge in [-0.2, -0.15) is 0 Å². The summed E-state index contributed by atoms with van der Waals surface area (Å²) in [5.41, 5.74) is 0. The molecule has 1 saturated carbocycles. The zero-order valence-electron chi connectivity index (χ0n) is 8.19. The molecule has 0 atom stereocenters. The minimum atomic E-state index is -0.274. The van der Waals surface area contributed by atoms with Gasteiger partial charge in [-0.25, -0.2) is 4.79 Å². The van der Waals surface area contributed by atoms with E-state index in [0.717, 1.165) is 12.8 Å². The van der Waals surface area contributed by atoms with Gasteiger partial charge in [-0.1, -0.05) is 0 Å². The first kappa shape index (κ1) is 10.3. The Morgan fingerprint density at radius 1 is 1.62 bits per heavy atom. The van der Waals surface area contributed by atoms with E-state index in [2.05, 4.69) is 0 Å². The van der Waals surface area contributed by atoms with Gasteiger partial charge in [0, 0.05) is 13.6 Å². The Morgan fingerprint density at radius 3 is 2.69 bits per heavy atom. The van der Waals surface area contributed by atoms with E-state index >= 15 is 0 Å². The molecule has 0 spiro atoms. The first-order valence-corrected chi connectivity index (χ1v) is 4.69. The fourth-order valence-electron chi connectivity index (χ4n) is 1.55. The van der Waals surface area contributed by atoms with Gasteiger partial charge in [0.1, 0.15) is 0 Å². The van der Waals surface area contributed by atoms with Crippen molar-refractivity contribution in [2.75, 3.05) is 20.2 Å². The quantitative estimate of drug-likeness (QED) is 0.712. The van der Waals surface area contributed by atoms with E-state index in [1.54, 1.807) is 18.9 Å². The van der Waals surface area contributed by atoms with E-state index in [9.17, 15) is 4.79 Å². The molecule has 0 saturated heterocycles. The monoisotopic (exact) mass is 187 g/mol. The Bertz CT molecular complexity index is 178. The zero-order valence-corrected chi connectivity index (χ0v) is 8.19. The second kappa shape index (κ2) is 4.46. The molecule has 0 aliphatic heterocycles. The molecule has 13 heavy (non-hydrogen) atoms. The number of nitrogens with zero attached hydrogens (tertiary/aromatic N) is 1. The van der Waals surface area contributed by atoms with E-state index in [0.29, 0.717) is 19.1 Å². The van der Waals surface area contributed by atoms with Crippen molar-refractivity contribution < 1.29 is 14.6 Å². The maximum atomic E-state index is 11.1. The lowest BCUT2D eigenvalue weighted by Gasteiger charge is -2.33. The van der Waals surface area contributed by atoms with Crippen LogP contribution in [0, 0.1) is 5.92 Å². The van der Waals surface area contributed by atoms with Crippen LogP contribution in [-0.2, 0) is 4.74 Å². The molecule has 1 aliphatic carbocycles. The predicted octanol–water partition coefficient (Wildman–Crippen LogP) is 0.846. The Labute approximate surface area is 78.5 Å². The van der Waals surface area contributed by atoms with E-state index in [-0.39, 0.29) is 12.2 Å². The number of ether oxygens (including phenoxy) is 1. The molecule has 4 nitrogen and oxygen atoms in total. The van der Waals surface area contributed by atoms with Crippen LogP contribution in [0.4, 0.5) is 4.79 Å². The lowest BCUT2D eigenvalue weighted by Crippen LogP contribution is -2.39. The smallest absolute Gasteiger partial charge is 0.409 e. The highest BCUT2D eigenvalue weighted by atomic mass is 16.5. The molecule has 1 amide bonds. The van der Waals surface area contributed by atoms with Gasteiger partial charge in [0.15, 0.2) is 0 Å². The highest BCUT2D eigenvalue weighted by Gasteiger charge is 2.29. The highest BCUT2D eigenvalue weighted by molar-refractivity contribution is 5.67. The first-order valence-electron chi connectivity index (χ1n) is 4.69. The summed E-state index contributed by atoms with van der Waals surface area (Å²) in [6, 6.07) is 0. The molecule has 0 radical (unpaired) electrons. The van der Waals surface area contributed by atoms with Crippen LogP contribution in [-0.4, -0.2) is 42.4 Å². The van der Waals surface area contributed by atoms with Gasteiger partial charge >= 0.3 is 6.09 Å². The van der Waals surface area contributed by atoms with Crippen molar-refractivity contribution in [2.45, 2.75) is 25.9 Å². The summed E-state index contributed by atoms with van der Waals surface area (Å²) in [7, 11) is 1.72. The molecule has 1 aliphatic rings. The van der Waals surface area contributed by atoms with E-state index in [4.69, 9.17) is 9.84 Å². The van der Waals surface area contributed by atoms with Crippen molar-refractivity contribution in [1.29, 1.82) is 0 Å². The molecular formula is C9H17NO3. The van der Waals surface area contributed by atoms with Crippen molar-refractivity contribution in [2.24, 2.45) is 5.92 Å². The maximum Gasteiger partial charge on any atom is 0.409 e. The average Bonchev–Trinajstić information content (AvgIpc) is 2.02. The molecule has 1 fully saturated rings. The molecule has 0 heterocycles. The van der Waals surface area contributed by atoms with Gasteiger partial charge in [0.25, 0.3) is 0 Å². The molecule has 1 rings (SSSR count). The fourth-order valence-corrected chi connectivity index (χ4v) is 1.55. The summed E-state index contributed by atoms with van der Waals surface area (Å²) >= 11 is 0. The molecule has 76 valence electrons. The predicted molar refractivity (Wildman–Crippen MR) is 48.4 cm³/mol. The highest BCUT2D eigenvalue weighted by Crippen LogP contribution is 2.27. The summed E-state index contributed by atoms with van der Waals surface area (Å²) in [4.78, 5) is 12.7. The van der Waals surface area contributed by atoms with Gasteiger partial charge in [-0.3, -0.25) is 0 Å². The number of amides is 1. The minimum Gasteiger partial charge on any atom is -0.450 e. The molecule has 4 heteroatoms. The lowest BCUT2D eigenvalue weighted by atomic mass is 9.82. The SMILES string of the molecule is CCOC(=O)N(C)CC1CC(O)C1. The summed E-state index contributed by atoms with van der Waals surface area (Å²) in [5, 5.41) is 9.04. The van der Waals surface area contributed by atoms with Crippen molar-refractivity contribution in [3.05, 3.63) is 0 Å². The zero-order chi connectivity index (χ0) is 9.84. The number of carbonyl (C=O) groups excluding carboxylic acids is 1. The van der Waals surface area contributed by atoms with Crippen molar-refractivity contribution in [1.82, 2.24) is 4.90 Å². The Morgan fingerprint density at radius 2 is 2.23 bits per heavy atom. The van der Waals surface area contributed by atoms with Crippen molar-refractivity contribution in [3.8, 4) is 0 Å². The Kier molecular flexibility index (Phi) is 3.54. The third-order valence-corrected chi connectivity index (χ3v) is 2.32. The summed E-state index contributed by atoms with van der Waals surface area (Å²) in [6.45, 7) is 2.89. The molecule has 0 aromatic rings. The van der Waals surface area contributed by atoms with Gasteiger partial charge in [-0.05, 0) is 25.7 Å². The van der Waals surface area contributed by atoms with Gasteiger partial charge in [0.2, 0.25) is 0 Å². The molecule has 0 unspecified atom stereocenters. The van der Waals surface area contributed by atoms with Crippen LogP contribution in [0.5, 0.6) is 0 Å². The van der Waals surface area contributed by atoms with Crippen molar-refractivity contribution in [3.63, 3.8) is 0 Å². The normalized spacial score (nSPS) is 26.4. The van der Waals surface area contributed by atoms with E-state index < -0.39 is 0 Å². The Hall–Kier alpha value is -0.770. The van der Waals surface area contributed by atoms with Gasteiger partial charge in [0.05, 0.1) is 12.7 Å². The molecule has 0 aromatic carbocycles. The number of hydrogen-bond donors (Lipinski definition) is 1. The van der Waals surface area contributed by atoms with Crippen LogP contribution >= 0.6 is 0 Å². The second-order valence-corrected chi connectivity index (χ2v) is 3.57. The number of aliphatic hydroxyl groups is 1. The standard InChI is InChI=1S/C9H17NO3/c1-3-13-9(12)10(2)6-7-4-8(11)5-7/h7-8,11H,3-6H2,1-2H3. The topological polar surface area (TPSA) is 49.8 Å². The number of carbonyl (C=O) groups is 1. The summed E-state index contributed by atoms with van der Waals surface area (Å²) in [6.07, 6.45) is 1.19. The van der Waals surface area contributed by atoms with Gasteiger partial charge < -0.3 is 14.7 Å². The van der Waals surface area contributed by atoms with Crippen LogP contribution < -0.4 is 0 Å². The second-order valence-electron chi connectivity index (χ2n) is 3.57. The third-order valence-electron chi connectivity index (χ3n) is 2.32. The summed E-state index contributed by atoms with van der Waals surface area (Å²) in [5.74, 6) is 0.449. The minimum absolute atomic E-state index is 0.152. The number of hydrogen-bond acceptors (Lipinski definition) is 3. The maximum absolute atomic E-state index is 11.1. The van der Waals surface area contributed by atoms with Crippen LogP contribution in [0.3, 0.4) is 0 Å².